The van der Waals surface area contributed by atoms with Crippen LogP contribution in [0.3, 0.4) is 0 Å². The monoisotopic (exact) mass is 350 g/mol. The van der Waals surface area contributed by atoms with E-state index in [-0.39, 0.29) is 0 Å². The summed E-state index contributed by atoms with van der Waals surface area (Å²) in [5, 5.41) is 6.68. The lowest BCUT2D eigenvalue weighted by Crippen LogP contribution is -2.41. The molecule has 0 unspecified atom stereocenters. The Morgan fingerprint density at radius 1 is 1.20 bits per heavy atom. The van der Waals surface area contributed by atoms with Crippen LogP contribution in [-0.2, 0) is 11.3 Å². The molecule has 0 bridgehead atoms. The first-order chi connectivity index (χ1) is 12.1. The number of hydrogen-bond acceptors (Lipinski definition) is 4. The lowest BCUT2D eigenvalue weighted by Gasteiger charge is -2.18. The molecule has 0 aliphatic carbocycles. The van der Waals surface area contributed by atoms with Crippen molar-refractivity contribution in [3.8, 4) is 5.75 Å². The van der Waals surface area contributed by atoms with Gasteiger partial charge in [0.2, 0.25) is 0 Å². The maximum Gasteiger partial charge on any atom is 0.191 e. The molecule has 0 aliphatic rings. The number of guanidine groups is 1. The Balaban J connectivity index is 2.46. The van der Waals surface area contributed by atoms with Crippen molar-refractivity contribution in [2.45, 2.75) is 26.8 Å². The molecule has 1 rings (SSSR count). The minimum atomic E-state index is 0.643. The molecule has 0 atom stereocenters. The Morgan fingerprint density at radius 3 is 2.64 bits per heavy atom. The van der Waals surface area contributed by atoms with Gasteiger partial charge in [-0.25, -0.2) is 4.99 Å². The van der Waals surface area contributed by atoms with E-state index in [0.29, 0.717) is 6.54 Å². The van der Waals surface area contributed by atoms with Crippen LogP contribution in [0.1, 0.15) is 24.5 Å². The second-order valence-electron chi connectivity index (χ2n) is 6.08. The molecule has 6 heteroatoms. The van der Waals surface area contributed by atoms with E-state index >= 15 is 0 Å². The highest BCUT2D eigenvalue weighted by atomic mass is 16.5. The molecule has 6 nitrogen and oxygen atoms in total. The number of rotatable bonds is 11. The molecule has 1 aromatic rings. The van der Waals surface area contributed by atoms with Crippen LogP contribution in [0.4, 0.5) is 0 Å². The van der Waals surface area contributed by atoms with Crippen molar-refractivity contribution < 1.29 is 9.47 Å². The van der Waals surface area contributed by atoms with Gasteiger partial charge in [0, 0.05) is 39.9 Å². The summed E-state index contributed by atoms with van der Waals surface area (Å²) in [5.74, 6) is 1.76. The van der Waals surface area contributed by atoms with E-state index in [4.69, 9.17) is 9.47 Å². The van der Waals surface area contributed by atoms with Crippen LogP contribution in [0, 0.1) is 6.92 Å². The summed E-state index contributed by atoms with van der Waals surface area (Å²) in [6.45, 7) is 9.28. The number of ether oxygens (including phenoxy) is 2. The Labute approximate surface area is 152 Å². The van der Waals surface area contributed by atoms with Crippen molar-refractivity contribution in [1.29, 1.82) is 0 Å². The van der Waals surface area contributed by atoms with Gasteiger partial charge in [-0.3, -0.25) is 0 Å². The zero-order valence-corrected chi connectivity index (χ0v) is 16.4. The second kappa shape index (κ2) is 12.6. The highest BCUT2D eigenvalue weighted by Crippen LogP contribution is 2.18. The van der Waals surface area contributed by atoms with Gasteiger partial charge in [-0.1, -0.05) is 12.1 Å². The van der Waals surface area contributed by atoms with Crippen molar-refractivity contribution in [2.75, 3.05) is 54.1 Å². The number of likely N-dealkylation sites (N-methyl/N-ethyl adjacent to an activating group) is 1. The fourth-order valence-corrected chi connectivity index (χ4v) is 2.51. The van der Waals surface area contributed by atoms with E-state index in [2.05, 4.69) is 53.6 Å². The predicted octanol–water partition coefficient (Wildman–Crippen LogP) is 2.03. The van der Waals surface area contributed by atoms with Crippen LogP contribution in [0.15, 0.2) is 23.2 Å². The fraction of sp³-hybridized carbons (Fsp3) is 0.632. The molecule has 0 aromatic heterocycles. The van der Waals surface area contributed by atoms with Gasteiger partial charge in [0.1, 0.15) is 5.75 Å². The number of nitrogens with one attached hydrogen (secondary N) is 2. The molecule has 0 aliphatic heterocycles. The molecule has 0 amide bonds. The van der Waals surface area contributed by atoms with Gasteiger partial charge >= 0.3 is 0 Å². The summed E-state index contributed by atoms with van der Waals surface area (Å²) in [4.78, 5) is 6.96. The smallest absolute Gasteiger partial charge is 0.191 e. The van der Waals surface area contributed by atoms with Crippen molar-refractivity contribution >= 4 is 5.96 Å². The molecule has 0 radical (unpaired) electrons. The van der Waals surface area contributed by atoms with Crippen molar-refractivity contribution in [3.05, 3.63) is 29.3 Å². The Bertz CT molecular complexity index is 520. The summed E-state index contributed by atoms with van der Waals surface area (Å²) < 4.78 is 10.4. The van der Waals surface area contributed by atoms with Crippen LogP contribution in [-0.4, -0.2) is 64.9 Å². The number of hydrogen-bond donors (Lipinski definition) is 2. The molecule has 0 spiro atoms. The molecular formula is C19H34N4O2. The van der Waals surface area contributed by atoms with E-state index in [9.17, 15) is 0 Å². The van der Waals surface area contributed by atoms with Gasteiger partial charge in [0.25, 0.3) is 0 Å². The van der Waals surface area contributed by atoms with Gasteiger partial charge in [-0.2, -0.15) is 0 Å². The maximum absolute atomic E-state index is 5.30. The highest BCUT2D eigenvalue weighted by Gasteiger charge is 2.02. The lowest BCUT2D eigenvalue weighted by molar-refractivity contribution is 0.180. The first-order valence-corrected chi connectivity index (χ1v) is 8.93. The molecule has 25 heavy (non-hydrogen) atoms. The number of aryl methyl sites for hydroxylation is 1. The van der Waals surface area contributed by atoms with Crippen LogP contribution < -0.4 is 15.4 Å². The second-order valence-corrected chi connectivity index (χ2v) is 6.08. The Kier molecular flexibility index (Phi) is 10.7. The third kappa shape index (κ3) is 8.74. The lowest BCUT2D eigenvalue weighted by atomic mass is 10.1. The van der Waals surface area contributed by atoms with Crippen molar-refractivity contribution in [3.63, 3.8) is 0 Å². The molecule has 0 fully saturated rings. The first-order valence-electron chi connectivity index (χ1n) is 8.93. The quantitative estimate of drug-likeness (QED) is 0.363. The largest absolute Gasteiger partial charge is 0.496 e. The van der Waals surface area contributed by atoms with E-state index < -0.39 is 0 Å². The summed E-state index contributed by atoms with van der Waals surface area (Å²) in [6.07, 6.45) is 1.05. The van der Waals surface area contributed by atoms with Crippen LogP contribution in [0.2, 0.25) is 0 Å². The summed E-state index contributed by atoms with van der Waals surface area (Å²) in [5.41, 5.74) is 2.30. The molecule has 0 saturated heterocycles. The third-order valence-electron chi connectivity index (χ3n) is 3.90. The van der Waals surface area contributed by atoms with Gasteiger partial charge in [-0.05, 0) is 44.5 Å². The zero-order chi connectivity index (χ0) is 18.5. The van der Waals surface area contributed by atoms with Gasteiger partial charge in [0.05, 0.1) is 13.7 Å². The minimum Gasteiger partial charge on any atom is -0.496 e. The van der Waals surface area contributed by atoms with Gasteiger partial charge < -0.3 is 25.0 Å². The third-order valence-corrected chi connectivity index (χ3v) is 3.90. The van der Waals surface area contributed by atoms with E-state index in [1.54, 1.807) is 14.2 Å². The maximum atomic E-state index is 5.30. The van der Waals surface area contributed by atoms with Crippen LogP contribution >= 0.6 is 0 Å². The van der Waals surface area contributed by atoms with E-state index in [1.165, 1.54) is 5.56 Å². The Morgan fingerprint density at radius 2 is 2.00 bits per heavy atom. The molecule has 1 aromatic carbocycles. The molecule has 0 saturated carbocycles. The molecule has 142 valence electrons. The molecule has 0 heterocycles. The number of methoxy groups -OCH3 is 2. The highest BCUT2D eigenvalue weighted by molar-refractivity contribution is 5.79. The first kappa shape index (κ1) is 21.3. The van der Waals surface area contributed by atoms with Crippen molar-refractivity contribution in [1.82, 2.24) is 15.5 Å². The molecular weight excluding hydrogens is 316 g/mol. The zero-order valence-electron chi connectivity index (χ0n) is 16.4. The average Bonchev–Trinajstić information content (AvgIpc) is 2.60. The average molecular weight is 351 g/mol. The normalized spacial score (nSPS) is 11.7. The topological polar surface area (TPSA) is 58.1 Å². The molecule has 2 N–H and O–H groups in total. The number of aliphatic imine (C=N–C) groups is 1. The summed E-state index contributed by atoms with van der Waals surface area (Å²) in [6, 6.07) is 6.17. The standard InChI is InChI=1S/C19H34N4O2/c1-6-20-19(21-10-12-23(3)11-7-13-24-4)22-15-17-8-9-18(25-5)16(2)14-17/h8-9,14H,6-7,10-13,15H2,1-5H3,(H2,20,21,22). The van der Waals surface area contributed by atoms with E-state index in [1.807, 2.05) is 6.07 Å². The summed E-state index contributed by atoms with van der Waals surface area (Å²) in [7, 11) is 5.56. The Hall–Kier alpha value is -1.79. The minimum absolute atomic E-state index is 0.643. The number of benzene rings is 1. The summed E-state index contributed by atoms with van der Waals surface area (Å²) >= 11 is 0. The fourth-order valence-electron chi connectivity index (χ4n) is 2.51. The van der Waals surface area contributed by atoms with Gasteiger partial charge in [0.15, 0.2) is 5.96 Å². The van der Waals surface area contributed by atoms with Crippen molar-refractivity contribution in [2.24, 2.45) is 4.99 Å². The van der Waals surface area contributed by atoms with Crippen LogP contribution in [0.5, 0.6) is 5.75 Å². The van der Waals surface area contributed by atoms with Crippen LogP contribution in [0.25, 0.3) is 0 Å². The SMILES string of the molecule is CCNC(=NCc1ccc(OC)c(C)c1)NCCN(C)CCCOC. The van der Waals surface area contributed by atoms with E-state index in [0.717, 1.165) is 56.5 Å². The predicted molar refractivity (Wildman–Crippen MR) is 105 cm³/mol. The number of nitrogens with zero attached hydrogens (tertiary/aromatic N) is 2. The van der Waals surface area contributed by atoms with Gasteiger partial charge in [-0.15, -0.1) is 0 Å².